The van der Waals surface area contributed by atoms with Crippen LogP contribution in [0.3, 0.4) is 0 Å². The smallest absolute Gasteiger partial charge is 0.278 e. The standard InChI is InChI=1S/C21H20Cl2N2O2/c1-13(2)25-20(26)18(16-10-9-15(22)11-17(16)23)19(21(25)27)24(3)12-14-7-5-4-6-8-14/h4-11,13H,12H2,1-3H3. The first kappa shape index (κ1) is 19.5. The van der Waals surface area contributed by atoms with Crippen LogP contribution in [-0.4, -0.2) is 34.7 Å². The van der Waals surface area contributed by atoms with E-state index in [0.29, 0.717) is 33.4 Å². The van der Waals surface area contributed by atoms with Gasteiger partial charge in [-0.15, -0.1) is 0 Å². The van der Waals surface area contributed by atoms with Gasteiger partial charge >= 0.3 is 0 Å². The summed E-state index contributed by atoms with van der Waals surface area (Å²) < 4.78 is 0. The minimum atomic E-state index is -0.339. The third-order valence-corrected chi connectivity index (χ3v) is 5.00. The van der Waals surface area contributed by atoms with Crippen molar-refractivity contribution in [2.45, 2.75) is 26.4 Å². The van der Waals surface area contributed by atoms with Crippen LogP contribution >= 0.6 is 23.2 Å². The zero-order valence-corrected chi connectivity index (χ0v) is 16.9. The highest BCUT2D eigenvalue weighted by Gasteiger charge is 2.42. The second kappa shape index (κ2) is 7.75. The average molecular weight is 403 g/mol. The van der Waals surface area contributed by atoms with Gasteiger partial charge < -0.3 is 4.90 Å². The van der Waals surface area contributed by atoms with Crippen LogP contribution in [0.25, 0.3) is 5.57 Å². The number of likely N-dealkylation sites (N-methyl/N-ethyl adjacent to an activating group) is 1. The lowest BCUT2D eigenvalue weighted by Crippen LogP contribution is -2.39. The second-order valence-electron chi connectivity index (χ2n) is 6.76. The number of carbonyl (C=O) groups excluding carboxylic acids is 2. The fourth-order valence-electron chi connectivity index (χ4n) is 3.23. The number of amides is 2. The molecule has 2 amide bonds. The summed E-state index contributed by atoms with van der Waals surface area (Å²) >= 11 is 12.4. The summed E-state index contributed by atoms with van der Waals surface area (Å²) in [5.41, 5.74) is 2.21. The van der Waals surface area contributed by atoms with Gasteiger partial charge in [-0.05, 0) is 31.5 Å². The molecule has 4 nitrogen and oxygen atoms in total. The van der Waals surface area contributed by atoms with Crippen LogP contribution in [0.1, 0.15) is 25.0 Å². The second-order valence-corrected chi connectivity index (χ2v) is 7.61. The summed E-state index contributed by atoms with van der Waals surface area (Å²) in [5.74, 6) is -0.649. The lowest BCUT2D eigenvalue weighted by atomic mass is 10.0. The molecule has 2 aromatic carbocycles. The lowest BCUT2D eigenvalue weighted by Gasteiger charge is -2.23. The van der Waals surface area contributed by atoms with Gasteiger partial charge in [0.25, 0.3) is 11.8 Å². The van der Waals surface area contributed by atoms with Gasteiger partial charge in [0.05, 0.1) is 10.6 Å². The molecule has 2 aromatic rings. The molecule has 0 radical (unpaired) electrons. The topological polar surface area (TPSA) is 40.6 Å². The molecule has 140 valence electrons. The quantitative estimate of drug-likeness (QED) is 0.685. The van der Waals surface area contributed by atoms with E-state index in [-0.39, 0.29) is 17.9 Å². The zero-order valence-electron chi connectivity index (χ0n) is 15.4. The summed E-state index contributed by atoms with van der Waals surface area (Å²) in [5, 5.41) is 0.816. The van der Waals surface area contributed by atoms with Gasteiger partial charge in [0, 0.05) is 30.2 Å². The minimum absolute atomic E-state index is 0.256. The third-order valence-electron chi connectivity index (χ3n) is 4.45. The van der Waals surface area contributed by atoms with Crippen molar-refractivity contribution >= 4 is 40.6 Å². The molecule has 0 N–H and O–H groups in total. The molecule has 0 aromatic heterocycles. The Kier molecular flexibility index (Phi) is 5.59. The van der Waals surface area contributed by atoms with Crippen molar-refractivity contribution in [2.75, 3.05) is 7.05 Å². The summed E-state index contributed by atoms with van der Waals surface area (Å²) in [6, 6.07) is 14.5. The van der Waals surface area contributed by atoms with Crippen molar-refractivity contribution in [1.82, 2.24) is 9.80 Å². The molecule has 0 saturated heterocycles. The predicted octanol–water partition coefficient (Wildman–Crippen LogP) is 4.61. The Hall–Kier alpha value is -2.30. The molecule has 0 aliphatic carbocycles. The van der Waals surface area contributed by atoms with Crippen LogP contribution in [0.2, 0.25) is 10.0 Å². The molecule has 0 bridgehead atoms. The molecular weight excluding hydrogens is 383 g/mol. The Morgan fingerprint density at radius 3 is 2.26 bits per heavy atom. The molecule has 0 unspecified atom stereocenters. The Labute approximate surface area is 169 Å². The van der Waals surface area contributed by atoms with Crippen LogP contribution in [-0.2, 0) is 16.1 Å². The summed E-state index contributed by atoms with van der Waals surface area (Å²) in [4.78, 5) is 29.3. The van der Waals surface area contributed by atoms with Crippen LogP contribution in [0.15, 0.2) is 54.2 Å². The van der Waals surface area contributed by atoms with Gasteiger partial charge in [-0.3, -0.25) is 14.5 Å². The lowest BCUT2D eigenvalue weighted by molar-refractivity contribution is -0.139. The fraction of sp³-hybridized carbons (Fsp3) is 0.238. The predicted molar refractivity (Wildman–Crippen MR) is 108 cm³/mol. The highest BCUT2D eigenvalue weighted by atomic mass is 35.5. The van der Waals surface area contributed by atoms with E-state index < -0.39 is 0 Å². The molecule has 1 aliphatic heterocycles. The van der Waals surface area contributed by atoms with E-state index >= 15 is 0 Å². The van der Waals surface area contributed by atoms with Crippen molar-refractivity contribution < 1.29 is 9.59 Å². The van der Waals surface area contributed by atoms with Gasteiger partial charge in [0.1, 0.15) is 5.70 Å². The first-order valence-electron chi connectivity index (χ1n) is 8.64. The number of hydrogen-bond acceptors (Lipinski definition) is 3. The van der Waals surface area contributed by atoms with Crippen molar-refractivity contribution in [3.8, 4) is 0 Å². The molecule has 3 rings (SSSR count). The van der Waals surface area contributed by atoms with Crippen molar-refractivity contribution in [3.63, 3.8) is 0 Å². The largest absolute Gasteiger partial charge is 0.365 e. The summed E-state index contributed by atoms with van der Waals surface area (Å²) in [6.07, 6.45) is 0. The molecule has 0 saturated carbocycles. The molecular formula is C21H20Cl2N2O2. The molecule has 0 atom stereocenters. The maximum Gasteiger partial charge on any atom is 0.278 e. The van der Waals surface area contributed by atoms with Gasteiger partial charge in [0.2, 0.25) is 0 Å². The van der Waals surface area contributed by atoms with E-state index in [9.17, 15) is 9.59 Å². The average Bonchev–Trinajstić information content (AvgIpc) is 2.86. The Morgan fingerprint density at radius 2 is 1.67 bits per heavy atom. The first-order valence-corrected chi connectivity index (χ1v) is 9.39. The van der Waals surface area contributed by atoms with E-state index in [4.69, 9.17) is 23.2 Å². The van der Waals surface area contributed by atoms with Crippen LogP contribution in [0, 0.1) is 0 Å². The fourth-order valence-corrected chi connectivity index (χ4v) is 3.73. The van der Waals surface area contributed by atoms with Gasteiger partial charge in [-0.2, -0.15) is 0 Å². The van der Waals surface area contributed by atoms with Gasteiger partial charge in [-0.25, -0.2) is 0 Å². The SMILES string of the molecule is CC(C)N1C(=O)C(c2ccc(Cl)cc2Cl)=C(N(C)Cc2ccccc2)C1=O. The number of hydrogen-bond donors (Lipinski definition) is 0. The van der Waals surface area contributed by atoms with Crippen molar-refractivity contribution in [1.29, 1.82) is 0 Å². The first-order chi connectivity index (χ1) is 12.8. The number of imide groups is 1. The van der Waals surface area contributed by atoms with E-state index in [1.165, 1.54) is 4.90 Å². The summed E-state index contributed by atoms with van der Waals surface area (Å²) in [6.45, 7) is 4.13. The number of rotatable bonds is 5. The Bertz CT molecular complexity index is 923. The molecule has 6 heteroatoms. The number of benzene rings is 2. The third kappa shape index (κ3) is 3.73. The number of halogens is 2. The highest BCUT2D eigenvalue weighted by molar-refractivity contribution is 6.41. The van der Waals surface area contributed by atoms with Gasteiger partial charge in [0.15, 0.2) is 0 Å². The van der Waals surface area contributed by atoms with Crippen LogP contribution in [0.4, 0.5) is 0 Å². The summed E-state index contributed by atoms with van der Waals surface area (Å²) in [7, 11) is 1.81. The molecule has 0 fully saturated rings. The van der Waals surface area contributed by atoms with E-state index in [1.807, 2.05) is 44.2 Å². The number of carbonyl (C=O) groups is 2. The van der Waals surface area contributed by atoms with Gasteiger partial charge in [-0.1, -0.05) is 59.6 Å². The van der Waals surface area contributed by atoms with E-state index in [0.717, 1.165) is 5.56 Å². The Balaban J connectivity index is 2.11. The normalized spacial score (nSPS) is 14.5. The minimum Gasteiger partial charge on any atom is -0.365 e. The molecule has 0 spiro atoms. The zero-order chi connectivity index (χ0) is 19.7. The molecule has 1 heterocycles. The molecule has 27 heavy (non-hydrogen) atoms. The van der Waals surface area contributed by atoms with Crippen molar-refractivity contribution in [2.24, 2.45) is 0 Å². The maximum absolute atomic E-state index is 13.1. The van der Waals surface area contributed by atoms with Crippen molar-refractivity contribution in [3.05, 3.63) is 75.4 Å². The monoisotopic (exact) mass is 402 g/mol. The van der Waals surface area contributed by atoms with Crippen LogP contribution in [0.5, 0.6) is 0 Å². The maximum atomic E-state index is 13.1. The Morgan fingerprint density at radius 1 is 1.00 bits per heavy atom. The van der Waals surface area contributed by atoms with E-state index in [2.05, 4.69) is 0 Å². The van der Waals surface area contributed by atoms with E-state index in [1.54, 1.807) is 30.1 Å². The molecule has 1 aliphatic rings. The number of nitrogens with zero attached hydrogens (tertiary/aromatic N) is 2. The highest BCUT2D eigenvalue weighted by Crippen LogP contribution is 2.36. The van der Waals surface area contributed by atoms with Crippen LogP contribution < -0.4 is 0 Å².